The number of nitrogens with zero attached hydrogens (tertiary/aromatic N) is 7. The summed E-state index contributed by atoms with van der Waals surface area (Å²) in [5.74, 6) is 0.363. The molecule has 0 aromatic carbocycles. The van der Waals surface area contributed by atoms with Crippen molar-refractivity contribution in [2.45, 2.75) is 157 Å². The summed E-state index contributed by atoms with van der Waals surface area (Å²) in [5, 5.41) is 118. The van der Waals surface area contributed by atoms with E-state index in [0.29, 0.717) is 43.5 Å². The van der Waals surface area contributed by atoms with E-state index in [9.17, 15) is 55.7 Å². The van der Waals surface area contributed by atoms with Gasteiger partial charge in [-0.05, 0) is 84.0 Å². The number of likely N-dealkylation sites (tertiary alicyclic amines) is 1. The molecule has 2 unspecified atom stereocenters. The summed E-state index contributed by atoms with van der Waals surface area (Å²) in [6.45, 7) is 4.27. The van der Waals surface area contributed by atoms with E-state index >= 15 is 0 Å². The molecule has 63 heavy (non-hydrogen) atoms. The number of aromatic nitrogens is 3. The molecule has 4 bridgehead atoms. The Kier molecular flexibility index (Phi) is 17.7. The Bertz CT molecular complexity index is 1630. The van der Waals surface area contributed by atoms with Crippen molar-refractivity contribution in [1.29, 1.82) is 5.26 Å². The van der Waals surface area contributed by atoms with Crippen LogP contribution in [0.4, 0.5) is 4.79 Å². The maximum Gasteiger partial charge on any atom is 0.411 e. The molecule has 0 radical (unpaired) electrons. The first-order valence-corrected chi connectivity index (χ1v) is 21.9. The molecule has 1 aromatic rings. The fraction of sp³-hybridized carbons (Fsp3) is 0.878. The van der Waals surface area contributed by atoms with Crippen LogP contribution in [-0.4, -0.2) is 224 Å². The van der Waals surface area contributed by atoms with Crippen molar-refractivity contribution in [2.24, 2.45) is 11.8 Å². The third-order valence-corrected chi connectivity index (χ3v) is 13.0. The number of amides is 2. The van der Waals surface area contributed by atoms with Crippen LogP contribution < -0.4 is 0 Å². The van der Waals surface area contributed by atoms with E-state index in [1.54, 1.807) is 6.20 Å². The smallest absolute Gasteiger partial charge is 0.411 e. The molecule has 22 nitrogen and oxygen atoms in total. The Morgan fingerprint density at radius 3 is 2.03 bits per heavy atom. The molecule has 2 amide bonds. The second kappa shape index (κ2) is 21.9. The molecule has 11 atom stereocenters. The van der Waals surface area contributed by atoms with Gasteiger partial charge in [0.25, 0.3) is 5.91 Å². The van der Waals surface area contributed by atoms with Gasteiger partial charge in [-0.15, -0.1) is 5.10 Å². The van der Waals surface area contributed by atoms with Crippen LogP contribution in [0.5, 0.6) is 0 Å². The maximum absolute atomic E-state index is 13.9. The van der Waals surface area contributed by atoms with Crippen molar-refractivity contribution in [2.75, 3.05) is 59.3 Å². The molecule has 10 N–H and O–H groups in total. The first kappa shape index (κ1) is 50.8. The lowest BCUT2D eigenvalue weighted by Gasteiger charge is -2.65. The van der Waals surface area contributed by atoms with Gasteiger partial charge in [-0.3, -0.25) is 14.6 Å². The van der Waals surface area contributed by atoms with Gasteiger partial charge < -0.3 is 70.2 Å². The number of carbonyl (C=O) groups is 2. The van der Waals surface area contributed by atoms with Crippen molar-refractivity contribution in [1.82, 2.24) is 29.7 Å². The summed E-state index contributed by atoms with van der Waals surface area (Å²) in [6.07, 6.45) is -7.17. The first-order chi connectivity index (χ1) is 29.7. The highest BCUT2D eigenvalue weighted by Gasteiger charge is 2.63. The number of nitriles is 1. The van der Waals surface area contributed by atoms with Crippen LogP contribution in [0.25, 0.3) is 0 Å². The molecule has 4 saturated carbocycles. The zero-order chi connectivity index (χ0) is 46.3. The number of hydrogen-bond acceptors (Lipinski definition) is 19. The fourth-order valence-corrected chi connectivity index (χ4v) is 10.6. The quantitative estimate of drug-likeness (QED) is 0.0458. The van der Waals surface area contributed by atoms with Crippen LogP contribution in [0.15, 0.2) is 6.20 Å². The van der Waals surface area contributed by atoms with E-state index in [1.165, 1.54) is 14.5 Å². The highest BCUT2D eigenvalue weighted by Crippen LogP contribution is 2.61. The average molecular weight is 900 g/mol. The van der Waals surface area contributed by atoms with Crippen molar-refractivity contribution in [3.8, 4) is 6.07 Å². The van der Waals surface area contributed by atoms with Gasteiger partial charge in [0.15, 0.2) is 6.61 Å². The summed E-state index contributed by atoms with van der Waals surface area (Å²) in [7, 11) is 0. The lowest BCUT2D eigenvalue weighted by atomic mass is 9.50. The minimum absolute atomic E-state index is 0.130. The molecule has 1 saturated heterocycles. The van der Waals surface area contributed by atoms with Gasteiger partial charge in [-0.25, -0.2) is 9.48 Å². The van der Waals surface area contributed by atoms with Crippen molar-refractivity contribution >= 4 is 12.0 Å². The zero-order valence-corrected chi connectivity index (χ0v) is 36.5. The Balaban J connectivity index is 1.13. The lowest BCUT2D eigenvalue weighted by molar-refractivity contribution is -0.208. The van der Waals surface area contributed by atoms with Gasteiger partial charge in [0.05, 0.1) is 74.7 Å². The van der Waals surface area contributed by atoms with E-state index in [0.717, 1.165) is 38.5 Å². The minimum Gasteiger partial charge on any atom is -0.439 e. The van der Waals surface area contributed by atoms with Gasteiger partial charge in [-0.1, -0.05) is 5.21 Å². The molecule has 1 aliphatic heterocycles. The molecule has 22 heteroatoms. The van der Waals surface area contributed by atoms with Crippen LogP contribution in [0.2, 0.25) is 0 Å². The van der Waals surface area contributed by atoms with Gasteiger partial charge in [0.1, 0.15) is 42.7 Å². The molecule has 5 aliphatic rings. The summed E-state index contributed by atoms with van der Waals surface area (Å²) < 4.78 is 19.8. The normalized spacial score (nSPS) is 28.3. The Labute approximate surface area is 367 Å². The van der Waals surface area contributed by atoms with Crippen LogP contribution >= 0.6 is 0 Å². The summed E-state index contributed by atoms with van der Waals surface area (Å²) >= 11 is 0. The number of rotatable bonds is 24. The minimum atomic E-state index is -1.93. The Morgan fingerprint density at radius 1 is 0.889 bits per heavy atom. The first-order valence-electron chi connectivity index (χ1n) is 21.9. The third kappa shape index (κ3) is 12.6. The number of ether oxygens (including phenoxy) is 3. The van der Waals surface area contributed by atoms with E-state index in [1.807, 2.05) is 25.7 Å². The predicted molar refractivity (Wildman–Crippen MR) is 218 cm³/mol. The van der Waals surface area contributed by atoms with Crippen LogP contribution in [0, 0.1) is 23.2 Å². The predicted octanol–water partition coefficient (Wildman–Crippen LogP) is -3.17. The SMILES string of the molecule is CC(C)(C)N(C(=O)OCC(=O)N1CCC[C@H]1C#N)C12CC3CC(CC(OCCOCCn4cc(CN(C[C@H](O)[C@@H](O)[C@H](O)[C@H](O)CO)C[C@H](O)[C@@H](O)[C@H](O)[C@H](O)CO)nn4)(C3)C1)C2. The molecular formula is C41H69N7O15. The molecule has 358 valence electrons. The maximum atomic E-state index is 13.9. The Morgan fingerprint density at radius 2 is 1.48 bits per heavy atom. The monoisotopic (exact) mass is 899 g/mol. The summed E-state index contributed by atoms with van der Waals surface area (Å²) in [4.78, 5) is 31.5. The summed E-state index contributed by atoms with van der Waals surface area (Å²) in [6, 6.07) is 1.66. The van der Waals surface area contributed by atoms with Crippen molar-refractivity contribution < 1.29 is 74.9 Å². The van der Waals surface area contributed by atoms with Gasteiger partial charge in [0, 0.05) is 37.9 Å². The highest BCUT2D eigenvalue weighted by molar-refractivity contribution is 5.81. The van der Waals surface area contributed by atoms with Gasteiger partial charge in [-0.2, -0.15) is 5.26 Å². The van der Waals surface area contributed by atoms with E-state index < -0.39 is 111 Å². The van der Waals surface area contributed by atoms with Crippen LogP contribution in [0.3, 0.4) is 0 Å². The van der Waals surface area contributed by atoms with E-state index in [-0.39, 0.29) is 32.2 Å². The number of carbonyl (C=O) groups excluding carboxylic acids is 2. The van der Waals surface area contributed by atoms with Crippen LogP contribution in [0.1, 0.15) is 77.8 Å². The second-order valence-electron chi connectivity index (χ2n) is 19.0. The number of aliphatic hydroxyl groups excluding tert-OH is 10. The van der Waals surface area contributed by atoms with E-state index in [2.05, 4.69) is 16.4 Å². The van der Waals surface area contributed by atoms with Crippen LogP contribution in [-0.2, 0) is 32.1 Å². The third-order valence-electron chi connectivity index (χ3n) is 13.0. The van der Waals surface area contributed by atoms with Crippen molar-refractivity contribution in [3.63, 3.8) is 0 Å². The van der Waals surface area contributed by atoms with Crippen molar-refractivity contribution in [3.05, 3.63) is 11.9 Å². The van der Waals surface area contributed by atoms with Gasteiger partial charge in [0.2, 0.25) is 0 Å². The van der Waals surface area contributed by atoms with Gasteiger partial charge >= 0.3 is 6.09 Å². The molecule has 0 spiro atoms. The number of aliphatic hydroxyl groups is 10. The number of hydrogen-bond donors (Lipinski definition) is 10. The molecule has 2 heterocycles. The second-order valence-corrected chi connectivity index (χ2v) is 19.0. The zero-order valence-electron chi connectivity index (χ0n) is 36.5. The fourth-order valence-electron chi connectivity index (χ4n) is 10.6. The molecule has 5 fully saturated rings. The molecule has 1 aromatic heterocycles. The molecule has 4 aliphatic carbocycles. The lowest BCUT2D eigenvalue weighted by Crippen LogP contribution is -2.70. The highest BCUT2D eigenvalue weighted by atomic mass is 16.6. The summed E-state index contributed by atoms with van der Waals surface area (Å²) in [5.41, 5.74) is -1.23. The molecule has 6 rings (SSSR count). The largest absolute Gasteiger partial charge is 0.439 e. The topological polar surface area (TPSA) is 328 Å². The average Bonchev–Trinajstić information content (AvgIpc) is 3.90. The van der Waals surface area contributed by atoms with E-state index in [4.69, 9.17) is 24.4 Å². The standard InChI is InChI=1S/C41H69N7O15/c1-39(2,3)48(38(60)62-23-33(55)47-6-4-5-28(47)16-42)40-12-25-11-26(13-40)15-41(14-25,24-40)63-10-9-61-8-7-46-18-27(43-44-46)17-45(19-29(51)34(56)36(58)31(53)21-49)20-30(52)35(57)37(59)32(54)22-50/h18,25-26,28-32,34-37,49-54,56-59H,4-15,17,19-24H2,1-3H3/t25?,26?,28-,29-,30-,31+,32+,34+,35+,36+,37+,40?,41?/m0/s1. The Hall–Kier alpha value is -3.15. The molecular weight excluding hydrogens is 830 g/mol.